The lowest BCUT2D eigenvalue weighted by atomic mass is 10.0. The van der Waals surface area contributed by atoms with Crippen LogP contribution < -0.4 is 11.1 Å². The molecule has 0 saturated carbocycles. The summed E-state index contributed by atoms with van der Waals surface area (Å²) in [6.45, 7) is 4.02. The Hall–Kier alpha value is -0.800. The van der Waals surface area contributed by atoms with Gasteiger partial charge in [-0.1, -0.05) is 251 Å². The third-order valence-electron chi connectivity index (χ3n) is 11.9. The van der Waals surface area contributed by atoms with E-state index in [-0.39, 0.29) is 19.6 Å². The summed E-state index contributed by atoms with van der Waals surface area (Å²) in [5.74, 6) is -0.440. The molecule has 9 nitrogen and oxygen atoms in total. The van der Waals surface area contributed by atoms with Gasteiger partial charge in [-0.05, 0) is 19.3 Å². The summed E-state index contributed by atoms with van der Waals surface area (Å²) in [5.41, 5.74) is 5.38. The molecule has 60 heavy (non-hydrogen) atoms. The van der Waals surface area contributed by atoms with Crippen molar-refractivity contribution in [3.63, 3.8) is 0 Å². The second-order valence-electron chi connectivity index (χ2n) is 17.9. The standard InChI is InChI=1S/C50H101N2O7P/c1-3-5-7-9-11-13-15-17-19-21-23-24-26-28-30-32-34-36-38-40-42-49(54)48(46-59-60(56,57)58-44-43-51)52-50(55)45-47(53)41-39-37-35-33-31-29-27-25-22-20-18-16-14-12-10-8-6-4-2/h40,42,47-49,53-54H,3-39,41,43-46,51H2,1-2H3,(H,52,55)(H,56,57)/b42-40+. The molecular weight excluding hydrogens is 772 g/mol. The van der Waals surface area contributed by atoms with Crippen LogP contribution in [0.15, 0.2) is 12.2 Å². The number of unbranched alkanes of at least 4 members (excludes halogenated alkanes) is 35. The lowest BCUT2D eigenvalue weighted by molar-refractivity contribution is -0.124. The fourth-order valence-corrected chi connectivity index (χ4v) is 8.76. The van der Waals surface area contributed by atoms with Crippen molar-refractivity contribution in [1.29, 1.82) is 0 Å². The van der Waals surface area contributed by atoms with Crippen molar-refractivity contribution in [3.05, 3.63) is 12.2 Å². The molecule has 0 heterocycles. The lowest BCUT2D eigenvalue weighted by Gasteiger charge is -2.24. The van der Waals surface area contributed by atoms with Crippen LogP contribution >= 0.6 is 7.82 Å². The molecule has 0 spiro atoms. The maximum absolute atomic E-state index is 12.9. The Bertz CT molecular complexity index is 971. The van der Waals surface area contributed by atoms with Crippen molar-refractivity contribution in [2.24, 2.45) is 5.73 Å². The van der Waals surface area contributed by atoms with Gasteiger partial charge in [-0.15, -0.1) is 0 Å². The van der Waals surface area contributed by atoms with Crippen molar-refractivity contribution in [2.75, 3.05) is 19.8 Å². The van der Waals surface area contributed by atoms with Crippen molar-refractivity contribution >= 4 is 13.7 Å². The van der Waals surface area contributed by atoms with Crippen molar-refractivity contribution in [3.8, 4) is 0 Å². The van der Waals surface area contributed by atoms with Crippen molar-refractivity contribution in [1.82, 2.24) is 5.32 Å². The molecule has 0 bridgehead atoms. The molecule has 0 aliphatic heterocycles. The Morgan fingerprint density at radius 3 is 1.28 bits per heavy atom. The van der Waals surface area contributed by atoms with E-state index in [0.717, 1.165) is 38.5 Å². The number of phosphoric ester groups is 1. The number of carbonyl (C=O) groups is 1. The zero-order valence-corrected chi connectivity index (χ0v) is 40.5. The molecule has 0 radical (unpaired) electrons. The largest absolute Gasteiger partial charge is 0.472 e. The number of nitrogens with one attached hydrogen (secondary N) is 1. The number of rotatable bonds is 49. The number of aliphatic hydroxyl groups excluding tert-OH is 2. The van der Waals surface area contributed by atoms with E-state index in [0.29, 0.717) is 6.42 Å². The van der Waals surface area contributed by atoms with Gasteiger partial charge in [-0.2, -0.15) is 0 Å². The Morgan fingerprint density at radius 1 is 0.567 bits per heavy atom. The fraction of sp³-hybridized carbons (Fsp3) is 0.940. The molecule has 0 aliphatic rings. The minimum Gasteiger partial charge on any atom is -0.393 e. The van der Waals surface area contributed by atoms with Gasteiger partial charge in [0.25, 0.3) is 0 Å². The minimum absolute atomic E-state index is 0.0518. The molecule has 0 fully saturated rings. The van der Waals surface area contributed by atoms with E-state index in [2.05, 4.69) is 19.2 Å². The summed E-state index contributed by atoms with van der Waals surface area (Å²) in [6, 6.07) is -0.978. The van der Waals surface area contributed by atoms with Crippen LogP contribution in [0.1, 0.15) is 264 Å². The van der Waals surface area contributed by atoms with E-state index in [1.807, 2.05) is 6.08 Å². The highest BCUT2D eigenvalue weighted by molar-refractivity contribution is 7.47. The molecule has 0 aromatic rings. The fourth-order valence-electron chi connectivity index (χ4n) is 8.00. The summed E-state index contributed by atoms with van der Waals surface area (Å²) in [4.78, 5) is 22.9. The number of carbonyl (C=O) groups excluding carboxylic acids is 1. The van der Waals surface area contributed by atoms with Crippen LogP contribution in [0.25, 0.3) is 0 Å². The van der Waals surface area contributed by atoms with E-state index >= 15 is 0 Å². The number of hydrogen-bond acceptors (Lipinski definition) is 7. The highest BCUT2D eigenvalue weighted by Gasteiger charge is 2.27. The SMILES string of the molecule is CCCCCCCCCCCCCCCCCCCC/C=C/C(O)C(COP(=O)(O)OCCN)NC(=O)CC(O)CCCCCCCCCCCCCCCCCCCC. The first-order chi connectivity index (χ1) is 29.3. The van der Waals surface area contributed by atoms with Gasteiger partial charge in [0, 0.05) is 6.54 Å². The number of phosphoric acid groups is 1. The highest BCUT2D eigenvalue weighted by Crippen LogP contribution is 2.43. The van der Waals surface area contributed by atoms with Crippen LogP contribution in [0.2, 0.25) is 0 Å². The maximum atomic E-state index is 12.9. The Kier molecular flexibility index (Phi) is 45.6. The van der Waals surface area contributed by atoms with Gasteiger partial charge >= 0.3 is 7.82 Å². The summed E-state index contributed by atoms with van der Waals surface area (Å²) >= 11 is 0. The number of allylic oxidation sites excluding steroid dienone is 1. The van der Waals surface area contributed by atoms with Crippen LogP contribution in [-0.2, 0) is 18.4 Å². The predicted octanol–water partition coefficient (Wildman–Crippen LogP) is 14.1. The molecule has 0 aliphatic carbocycles. The molecule has 0 rings (SSSR count). The molecule has 0 aromatic heterocycles. The molecular formula is C50H101N2O7P. The first-order valence-electron chi connectivity index (χ1n) is 25.9. The molecule has 1 amide bonds. The second-order valence-corrected chi connectivity index (χ2v) is 19.4. The lowest BCUT2D eigenvalue weighted by Crippen LogP contribution is -2.46. The summed E-state index contributed by atoms with van der Waals surface area (Å²) in [5, 5.41) is 24.2. The monoisotopic (exact) mass is 873 g/mol. The van der Waals surface area contributed by atoms with E-state index in [9.17, 15) is 24.5 Å². The zero-order chi connectivity index (χ0) is 44.0. The topological polar surface area (TPSA) is 151 Å². The molecule has 6 N–H and O–H groups in total. The summed E-state index contributed by atoms with van der Waals surface area (Å²) < 4.78 is 22.2. The van der Waals surface area contributed by atoms with Gasteiger partial charge in [0.15, 0.2) is 0 Å². The average Bonchev–Trinajstić information content (AvgIpc) is 3.23. The molecule has 0 aromatic carbocycles. The van der Waals surface area contributed by atoms with Gasteiger partial charge in [0.1, 0.15) is 0 Å². The van der Waals surface area contributed by atoms with E-state index in [1.165, 1.54) is 199 Å². The van der Waals surface area contributed by atoms with Crippen LogP contribution in [-0.4, -0.2) is 59.0 Å². The van der Waals surface area contributed by atoms with E-state index in [1.54, 1.807) is 6.08 Å². The first-order valence-corrected chi connectivity index (χ1v) is 27.4. The summed E-state index contributed by atoms with van der Waals surface area (Å²) in [6.07, 6.45) is 50.2. The molecule has 4 atom stereocenters. The Morgan fingerprint density at radius 2 is 0.917 bits per heavy atom. The number of nitrogens with two attached hydrogens (primary N) is 1. The van der Waals surface area contributed by atoms with Gasteiger partial charge in [0.05, 0.1) is 37.9 Å². The first kappa shape index (κ1) is 59.2. The van der Waals surface area contributed by atoms with Gasteiger partial charge in [0.2, 0.25) is 5.91 Å². The molecule has 0 saturated heterocycles. The second kappa shape index (κ2) is 46.2. The zero-order valence-electron chi connectivity index (χ0n) is 39.6. The van der Waals surface area contributed by atoms with Crippen LogP contribution in [0.3, 0.4) is 0 Å². The smallest absolute Gasteiger partial charge is 0.393 e. The van der Waals surface area contributed by atoms with Crippen LogP contribution in [0.5, 0.6) is 0 Å². The van der Waals surface area contributed by atoms with Gasteiger partial charge < -0.3 is 26.2 Å². The van der Waals surface area contributed by atoms with Gasteiger partial charge in [-0.3, -0.25) is 13.8 Å². The quantitative estimate of drug-likeness (QED) is 0.0230. The minimum atomic E-state index is -4.40. The molecule has 358 valence electrons. The van der Waals surface area contributed by atoms with E-state index in [4.69, 9.17) is 14.8 Å². The Labute approximate surface area is 371 Å². The summed E-state index contributed by atoms with van der Waals surface area (Å²) in [7, 11) is -4.40. The van der Waals surface area contributed by atoms with Crippen LogP contribution in [0, 0.1) is 0 Å². The number of aliphatic hydroxyl groups is 2. The third kappa shape index (κ3) is 43.8. The third-order valence-corrected chi connectivity index (χ3v) is 12.9. The van der Waals surface area contributed by atoms with Crippen LogP contribution in [0.4, 0.5) is 0 Å². The van der Waals surface area contributed by atoms with Crippen molar-refractivity contribution < 1.29 is 33.5 Å². The number of amides is 1. The molecule has 10 heteroatoms. The number of hydrogen-bond donors (Lipinski definition) is 5. The van der Waals surface area contributed by atoms with Gasteiger partial charge in [-0.25, -0.2) is 4.57 Å². The Balaban J connectivity index is 4.17. The predicted molar refractivity (Wildman–Crippen MR) is 255 cm³/mol. The highest BCUT2D eigenvalue weighted by atomic mass is 31.2. The average molecular weight is 873 g/mol. The maximum Gasteiger partial charge on any atom is 0.472 e. The van der Waals surface area contributed by atoms with Crippen molar-refractivity contribution in [2.45, 2.75) is 283 Å². The van der Waals surface area contributed by atoms with E-state index < -0.39 is 38.6 Å². The molecule has 4 unspecified atom stereocenters. The normalized spacial score (nSPS) is 14.4.